The van der Waals surface area contributed by atoms with Crippen LogP contribution in [-0.4, -0.2) is 19.3 Å². The van der Waals surface area contributed by atoms with Crippen molar-refractivity contribution in [2.45, 2.75) is 0 Å². The average molecular weight is 292 g/mol. The number of nitrogens with zero attached hydrogens (tertiary/aromatic N) is 4. The van der Waals surface area contributed by atoms with E-state index >= 15 is 0 Å². The summed E-state index contributed by atoms with van der Waals surface area (Å²) in [5.74, 6) is 0.464. The summed E-state index contributed by atoms with van der Waals surface area (Å²) >= 11 is 3.42. The lowest BCUT2D eigenvalue weighted by Crippen LogP contribution is -1.99. The number of benzene rings is 1. The van der Waals surface area contributed by atoms with E-state index in [4.69, 9.17) is 5.73 Å². The largest absolute Gasteiger partial charge is 0.369 e. The number of fused-ring (bicyclic) bond motifs is 1. The summed E-state index contributed by atoms with van der Waals surface area (Å²) in [4.78, 5) is 4.33. The molecule has 2 heterocycles. The minimum absolute atomic E-state index is 0.464. The van der Waals surface area contributed by atoms with Crippen molar-refractivity contribution in [3.63, 3.8) is 0 Å². The van der Waals surface area contributed by atoms with Crippen LogP contribution in [-0.2, 0) is 7.05 Å². The van der Waals surface area contributed by atoms with E-state index in [-0.39, 0.29) is 0 Å². The van der Waals surface area contributed by atoms with Gasteiger partial charge in [0.2, 0.25) is 5.95 Å². The first-order chi connectivity index (χ1) is 8.15. The summed E-state index contributed by atoms with van der Waals surface area (Å²) in [5.41, 5.74) is 8.69. The smallest absolute Gasteiger partial charge is 0.206 e. The molecule has 0 aliphatic carbocycles. The molecule has 0 saturated carbocycles. The summed E-state index contributed by atoms with van der Waals surface area (Å²) < 4.78 is 4.61. The molecule has 17 heavy (non-hydrogen) atoms. The number of hydrogen-bond acceptors (Lipinski definition) is 3. The fraction of sp³-hybridized carbons (Fsp3) is 0.0909. The van der Waals surface area contributed by atoms with E-state index in [9.17, 15) is 0 Å². The van der Waals surface area contributed by atoms with E-state index in [1.165, 1.54) is 0 Å². The van der Waals surface area contributed by atoms with Crippen LogP contribution in [0.1, 0.15) is 0 Å². The fourth-order valence-electron chi connectivity index (χ4n) is 1.87. The Hall–Kier alpha value is -1.82. The Balaban J connectivity index is 2.32. The van der Waals surface area contributed by atoms with E-state index in [1.807, 2.05) is 36.0 Å². The molecule has 0 amide bonds. The van der Waals surface area contributed by atoms with Crippen molar-refractivity contribution in [1.82, 2.24) is 19.3 Å². The van der Waals surface area contributed by atoms with Gasteiger partial charge in [-0.05, 0) is 18.2 Å². The number of rotatable bonds is 1. The Bertz CT molecular complexity index is 697. The minimum Gasteiger partial charge on any atom is -0.369 e. The van der Waals surface area contributed by atoms with Gasteiger partial charge in [-0.3, -0.25) is 9.25 Å². The summed E-state index contributed by atoms with van der Waals surface area (Å²) in [6.45, 7) is 0. The van der Waals surface area contributed by atoms with Gasteiger partial charge in [-0.15, -0.1) is 0 Å². The lowest BCUT2D eigenvalue weighted by atomic mass is 10.3. The molecule has 3 rings (SSSR count). The third-order valence-electron chi connectivity index (χ3n) is 2.59. The quantitative estimate of drug-likeness (QED) is 0.747. The zero-order chi connectivity index (χ0) is 12.0. The zero-order valence-corrected chi connectivity index (χ0v) is 10.7. The molecule has 1 aromatic carbocycles. The Kier molecular flexibility index (Phi) is 2.19. The van der Waals surface area contributed by atoms with Gasteiger partial charge in [0.05, 0.1) is 22.9 Å². The highest BCUT2D eigenvalue weighted by Gasteiger charge is 2.11. The molecule has 0 atom stereocenters. The highest BCUT2D eigenvalue weighted by Crippen LogP contribution is 2.25. The molecule has 0 aliphatic heterocycles. The second-order valence-corrected chi connectivity index (χ2v) is 4.73. The normalized spacial score (nSPS) is 11.2. The molecule has 0 fully saturated rings. The summed E-state index contributed by atoms with van der Waals surface area (Å²) in [6, 6.07) is 5.89. The van der Waals surface area contributed by atoms with Crippen molar-refractivity contribution in [1.29, 1.82) is 0 Å². The second-order valence-electron chi connectivity index (χ2n) is 3.81. The van der Waals surface area contributed by atoms with Crippen molar-refractivity contribution in [3.8, 4) is 5.69 Å². The molecular weight excluding hydrogens is 282 g/mol. The maximum atomic E-state index is 5.94. The molecule has 0 saturated heterocycles. The first-order valence-corrected chi connectivity index (χ1v) is 5.87. The van der Waals surface area contributed by atoms with E-state index in [0.717, 1.165) is 21.2 Å². The predicted octanol–water partition coefficient (Wildman–Crippen LogP) is 2.10. The lowest BCUT2D eigenvalue weighted by molar-refractivity contribution is 0.767. The van der Waals surface area contributed by atoms with Crippen molar-refractivity contribution in [2.75, 3.05) is 5.73 Å². The molecule has 2 N–H and O–H groups in total. The summed E-state index contributed by atoms with van der Waals surface area (Å²) in [6.07, 6.45) is 3.67. The zero-order valence-electron chi connectivity index (χ0n) is 9.13. The van der Waals surface area contributed by atoms with Gasteiger partial charge in [0.1, 0.15) is 0 Å². The van der Waals surface area contributed by atoms with E-state index < -0.39 is 0 Å². The molecule has 0 aliphatic rings. The van der Waals surface area contributed by atoms with Gasteiger partial charge in [0, 0.05) is 17.7 Å². The van der Waals surface area contributed by atoms with Gasteiger partial charge in [-0.25, -0.2) is 4.98 Å². The molecule has 0 unspecified atom stereocenters. The molecule has 0 bridgehead atoms. The molecule has 3 aromatic rings. The molecular formula is C11H10BrN5. The van der Waals surface area contributed by atoms with Crippen LogP contribution in [0.4, 0.5) is 5.95 Å². The highest BCUT2D eigenvalue weighted by atomic mass is 79.9. The van der Waals surface area contributed by atoms with Gasteiger partial charge >= 0.3 is 0 Å². The number of halogens is 1. The minimum atomic E-state index is 0.464. The number of nitrogens with two attached hydrogens (primary N) is 1. The van der Waals surface area contributed by atoms with Crippen LogP contribution < -0.4 is 5.73 Å². The van der Waals surface area contributed by atoms with E-state index in [1.54, 1.807) is 10.9 Å². The molecule has 2 aromatic heterocycles. The van der Waals surface area contributed by atoms with Crippen LogP contribution in [0.5, 0.6) is 0 Å². The molecule has 0 spiro atoms. The Morgan fingerprint density at radius 3 is 2.88 bits per heavy atom. The molecule has 0 radical (unpaired) electrons. The molecule has 86 valence electrons. The predicted molar refractivity (Wildman–Crippen MR) is 69.9 cm³/mol. The summed E-state index contributed by atoms with van der Waals surface area (Å²) in [5, 5.41) is 4.14. The third kappa shape index (κ3) is 1.61. The van der Waals surface area contributed by atoms with Crippen LogP contribution in [0.25, 0.3) is 16.7 Å². The number of aryl methyl sites for hydroxylation is 1. The number of imidazole rings is 1. The van der Waals surface area contributed by atoms with Crippen molar-refractivity contribution in [2.24, 2.45) is 7.05 Å². The van der Waals surface area contributed by atoms with Crippen LogP contribution >= 0.6 is 15.9 Å². The van der Waals surface area contributed by atoms with E-state index in [2.05, 4.69) is 26.0 Å². The van der Waals surface area contributed by atoms with Gasteiger partial charge in [0.15, 0.2) is 0 Å². The molecule has 5 nitrogen and oxygen atoms in total. The van der Waals surface area contributed by atoms with Crippen LogP contribution in [0, 0.1) is 0 Å². The number of hydrogen-bond donors (Lipinski definition) is 1. The first kappa shape index (κ1) is 10.3. The van der Waals surface area contributed by atoms with Crippen LogP contribution in [0.3, 0.4) is 0 Å². The van der Waals surface area contributed by atoms with Crippen LogP contribution in [0.15, 0.2) is 35.1 Å². The topological polar surface area (TPSA) is 61.7 Å². The highest BCUT2D eigenvalue weighted by molar-refractivity contribution is 9.10. The first-order valence-electron chi connectivity index (χ1n) is 5.07. The average Bonchev–Trinajstić information content (AvgIpc) is 2.80. The second kappa shape index (κ2) is 3.59. The van der Waals surface area contributed by atoms with Gasteiger partial charge in [-0.1, -0.05) is 15.9 Å². The standard InChI is InChI=1S/C11H10BrN5/c1-16-6-8(5-14-16)17-10-3-2-7(12)4-9(10)15-11(17)13/h2-6H,1H3,(H2,13,15). The van der Waals surface area contributed by atoms with Gasteiger partial charge in [0.25, 0.3) is 0 Å². The lowest BCUT2D eigenvalue weighted by Gasteiger charge is -2.01. The molecule has 6 heteroatoms. The number of aromatic nitrogens is 4. The van der Waals surface area contributed by atoms with E-state index in [0.29, 0.717) is 5.95 Å². The Morgan fingerprint density at radius 2 is 2.18 bits per heavy atom. The summed E-state index contributed by atoms with van der Waals surface area (Å²) in [7, 11) is 1.87. The third-order valence-corrected chi connectivity index (χ3v) is 3.09. The SMILES string of the molecule is Cn1cc(-n2c(N)nc3cc(Br)ccc32)cn1. The van der Waals surface area contributed by atoms with Crippen molar-refractivity contribution in [3.05, 3.63) is 35.1 Å². The Morgan fingerprint density at radius 1 is 1.35 bits per heavy atom. The van der Waals surface area contributed by atoms with Crippen LogP contribution in [0.2, 0.25) is 0 Å². The van der Waals surface area contributed by atoms with Gasteiger partial charge in [-0.2, -0.15) is 5.10 Å². The Labute approximate surface area is 106 Å². The van der Waals surface area contributed by atoms with Crippen molar-refractivity contribution >= 4 is 32.9 Å². The number of anilines is 1. The van der Waals surface area contributed by atoms with Gasteiger partial charge < -0.3 is 5.73 Å². The van der Waals surface area contributed by atoms with Crippen molar-refractivity contribution < 1.29 is 0 Å². The maximum Gasteiger partial charge on any atom is 0.206 e. The number of nitrogen functional groups attached to an aromatic ring is 1. The maximum absolute atomic E-state index is 5.94. The monoisotopic (exact) mass is 291 g/mol. The fourth-order valence-corrected chi connectivity index (χ4v) is 2.22.